The fourth-order valence-electron chi connectivity index (χ4n) is 5.04. The number of nitrogens with zero attached hydrogens (tertiary/aromatic N) is 3. The first kappa shape index (κ1) is 30.7. The molecule has 1 aliphatic heterocycles. The quantitative estimate of drug-likeness (QED) is 0.390. The SMILES string of the molecule is CN(CCN(Cc1ccccc1C(F)(F)F)C(=O)CNc1cccc2c1CN(CC1CC1)CC2)C(=O)OC(C)(C)C. The largest absolute Gasteiger partial charge is 0.444 e. The van der Waals surface area contributed by atoms with Crippen molar-refractivity contribution in [2.24, 2.45) is 5.92 Å². The molecule has 1 N–H and O–H groups in total. The molecule has 0 radical (unpaired) electrons. The zero-order chi connectivity index (χ0) is 29.8. The summed E-state index contributed by atoms with van der Waals surface area (Å²) in [6.07, 6.45) is -1.59. The number of hydrogen-bond donors (Lipinski definition) is 1. The Kier molecular flexibility index (Phi) is 9.51. The minimum Gasteiger partial charge on any atom is -0.444 e. The maximum Gasteiger partial charge on any atom is 0.416 e. The van der Waals surface area contributed by atoms with Crippen molar-refractivity contribution in [2.45, 2.75) is 64.9 Å². The number of carbonyl (C=O) groups is 2. The zero-order valence-electron chi connectivity index (χ0n) is 24.4. The summed E-state index contributed by atoms with van der Waals surface area (Å²) in [5.41, 5.74) is 1.83. The Morgan fingerprint density at radius 3 is 2.46 bits per heavy atom. The molecule has 0 aromatic heterocycles. The van der Waals surface area contributed by atoms with Crippen LogP contribution in [0.3, 0.4) is 0 Å². The lowest BCUT2D eigenvalue weighted by molar-refractivity contribution is -0.139. The summed E-state index contributed by atoms with van der Waals surface area (Å²) in [7, 11) is 1.54. The third-order valence-electron chi connectivity index (χ3n) is 7.44. The van der Waals surface area contributed by atoms with Gasteiger partial charge < -0.3 is 19.9 Å². The molecule has 2 aromatic rings. The Hall–Kier alpha value is -3.27. The average molecular weight is 575 g/mol. The molecule has 0 atom stereocenters. The maximum atomic E-state index is 13.7. The molecular weight excluding hydrogens is 533 g/mol. The number of alkyl halides is 3. The van der Waals surface area contributed by atoms with Gasteiger partial charge in [0.2, 0.25) is 5.91 Å². The van der Waals surface area contributed by atoms with Crippen LogP contribution in [-0.4, -0.2) is 72.1 Å². The highest BCUT2D eigenvalue weighted by Gasteiger charge is 2.34. The van der Waals surface area contributed by atoms with E-state index in [1.165, 1.54) is 52.0 Å². The van der Waals surface area contributed by atoms with Gasteiger partial charge in [0.15, 0.2) is 0 Å². The molecule has 0 unspecified atom stereocenters. The van der Waals surface area contributed by atoms with Gasteiger partial charge in [0.05, 0.1) is 12.1 Å². The fraction of sp³-hybridized carbons (Fsp3) is 0.548. The Morgan fingerprint density at radius 2 is 1.78 bits per heavy atom. The van der Waals surface area contributed by atoms with Gasteiger partial charge in [-0.15, -0.1) is 0 Å². The molecule has 4 rings (SSSR count). The minimum absolute atomic E-state index is 0.000999. The normalized spacial score (nSPS) is 15.7. The van der Waals surface area contributed by atoms with Crippen LogP contribution in [0.4, 0.5) is 23.7 Å². The van der Waals surface area contributed by atoms with Crippen molar-refractivity contribution in [3.05, 3.63) is 64.7 Å². The molecule has 1 heterocycles. The number of likely N-dealkylation sites (N-methyl/N-ethyl adjacent to an activating group) is 1. The van der Waals surface area contributed by atoms with E-state index in [1.54, 1.807) is 27.8 Å². The van der Waals surface area contributed by atoms with E-state index >= 15 is 0 Å². The van der Waals surface area contributed by atoms with E-state index in [2.05, 4.69) is 16.3 Å². The zero-order valence-corrected chi connectivity index (χ0v) is 24.4. The van der Waals surface area contributed by atoms with E-state index in [0.29, 0.717) is 0 Å². The van der Waals surface area contributed by atoms with Gasteiger partial charge in [-0.2, -0.15) is 13.2 Å². The lowest BCUT2D eigenvalue weighted by atomic mass is 9.97. The van der Waals surface area contributed by atoms with Crippen LogP contribution in [-0.2, 0) is 35.2 Å². The van der Waals surface area contributed by atoms with Gasteiger partial charge in [-0.3, -0.25) is 9.69 Å². The first-order chi connectivity index (χ1) is 19.3. The third-order valence-corrected chi connectivity index (χ3v) is 7.44. The van der Waals surface area contributed by atoms with Gasteiger partial charge in [0, 0.05) is 52.0 Å². The second kappa shape index (κ2) is 12.7. The van der Waals surface area contributed by atoms with E-state index < -0.39 is 23.4 Å². The number of nitrogens with one attached hydrogen (secondary N) is 1. The average Bonchev–Trinajstić information content (AvgIpc) is 3.72. The van der Waals surface area contributed by atoms with Gasteiger partial charge in [-0.05, 0) is 74.8 Å². The summed E-state index contributed by atoms with van der Waals surface area (Å²) in [5, 5.41) is 3.27. The molecule has 1 saturated carbocycles. The highest BCUT2D eigenvalue weighted by Crippen LogP contribution is 2.34. The van der Waals surface area contributed by atoms with Crippen molar-refractivity contribution in [3.63, 3.8) is 0 Å². The van der Waals surface area contributed by atoms with E-state index in [-0.39, 0.29) is 37.6 Å². The third kappa shape index (κ3) is 8.86. The lowest BCUT2D eigenvalue weighted by Crippen LogP contribution is -2.43. The Morgan fingerprint density at radius 1 is 1.05 bits per heavy atom. The molecule has 0 saturated heterocycles. The minimum atomic E-state index is -4.55. The predicted octanol–water partition coefficient (Wildman–Crippen LogP) is 5.78. The number of rotatable bonds is 10. The second-order valence-electron chi connectivity index (χ2n) is 12.1. The monoisotopic (exact) mass is 574 g/mol. The van der Waals surface area contributed by atoms with E-state index in [4.69, 9.17) is 4.74 Å². The molecule has 1 fully saturated rings. The maximum absolute atomic E-state index is 13.7. The number of benzene rings is 2. The Balaban J connectivity index is 1.47. The summed E-state index contributed by atoms with van der Waals surface area (Å²) in [6.45, 7) is 8.01. The van der Waals surface area contributed by atoms with Gasteiger partial charge in [-0.25, -0.2) is 4.79 Å². The first-order valence-corrected chi connectivity index (χ1v) is 14.2. The summed E-state index contributed by atoms with van der Waals surface area (Å²) in [4.78, 5) is 31.1. The smallest absolute Gasteiger partial charge is 0.416 e. The van der Waals surface area contributed by atoms with Crippen molar-refractivity contribution in [1.29, 1.82) is 0 Å². The van der Waals surface area contributed by atoms with Crippen molar-refractivity contribution in [3.8, 4) is 0 Å². The molecular formula is C31H41F3N4O3. The van der Waals surface area contributed by atoms with E-state index in [9.17, 15) is 22.8 Å². The molecule has 10 heteroatoms. The van der Waals surface area contributed by atoms with Crippen LogP contribution in [0.5, 0.6) is 0 Å². The number of ether oxygens (including phenoxy) is 1. The van der Waals surface area contributed by atoms with Crippen LogP contribution < -0.4 is 5.32 Å². The number of amides is 2. The highest BCUT2D eigenvalue weighted by molar-refractivity contribution is 5.81. The molecule has 1 aliphatic carbocycles. The van der Waals surface area contributed by atoms with Crippen molar-refractivity contribution in [2.75, 3.05) is 45.1 Å². The van der Waals surface area contributed by atoms with Crippen LogP contribution in [0, 0.1) is 5.92 Å². The number of fused-ring (bicyclic) bond motifs is 1. The van der Waals surface area contributed by atoms with Crippen molar-refractivity contribution >= 4 is 17.7 Å². The molecule has 2 aliphatic rings. The van der Waals surface area contributed by atoms with E-state index in [1.807, 2.05) is 12.1 Å². The van der Waals surface area contributed by atoms with Crippen LogP contribution in [0.2, 0.25) is 0 Å². The fourth-order valence-corrected chi connectivity index (χ4v) is 5.04. The summed E-state index contributed by atoms with van der Waals surface area (Å²) < 4.78 is 46.6. The van der Waals surface area contributed by atoms with Gasteiger partial charge in [-0.1, -0.05) is 30.3 Å². The Labute approximate surface area is 240 Å². The van der Waals surface area contributed by atoms with Gasteiger partial charge in [0.25, 0.3) is 0 Å². The standard InChI is InChI=1S/C31H41F3N4O3/c1-30(2,3)41-29(40)36(4)16-17-38(20-24-8-5-6-10-26(24)31(32,33)34)28(39)18-35-27-11-7-9-23-14-15-37(21-25(23)27)19-22-12-13-22/h5-11,22,35H,12-21H2,1-4H3. The molecule has 0 bridgehead atoms. The van der Waals surface area contributed by atoms with Crippen molar-refractivity contribution in [1.82, 2.24) is 14.7 Å². The molecule has 2 aromatic carbocycles. The summed E-state index contributed by atoms with van der Waals surface area (Å²) >= 11 is 0. The molecule has 41 heavy (non-hydrogen) atoms. The molecule has 7 nitrogen and oxygen atoms in total. The second-order valence-corrected chi connectivity index (χ2v) is 12.1. The van der Waals surface area contributed by atoms with Crippen LogP contribution in [0.15, 0.2) is 42.5 Å². The molecule has 2 amide bonds. The Bertz CT molecular complexity index is 1220. The number of carbonyl (C=O) groups excluding carboxylic acids is 2. The molecule has 0 spiro atoms. The highest BCUT2D eigenvalue weighted by atomic mass is 19.4. The van der Waals surface area contributed by atoms with Gasteiger partial charge >= 0.3 is 12.3 Å². The van der Waals surface area contributed by atoms with Crippen LogP contribution in [0.1, 0.15) is 55.9 Å². The van der Waals surface area contributed by atoms with Gasteiger partial charge in [0.1, 0.15) is 5.60 Å². The summed E-state index contributed by atoms with van der Waals surface area (Å²) in [5.74, 6) is 0.424. The summed E-state index contributed by atoms with van der Waals surface area (Å²) in [6, 6.07) is 11.3. The van der Waals surface area contributed by atoms with E-state index in [0.717, 1.165) is 43.7 Å². The number of hydrogen-bond acceptors (Lipinski definition) is 5. The van der Waals surface area contributed by atoms with Crippen molar-refractivity contribution < 1.29 is 27.5 Å². The molecule has 224 valence electrons. The lowest BCUT2D eigenvalue weighted by Gasteiger charge is -2.31. The van der Waals surface area contributed by atoms with Crippen LogP contribution in [0.25, 0.3) is 0 Å². The predicted molar refractivity (Wildman–Crippen MR) is 152 cm³/mol. The van der Waals surface area contributed by atoms with Crippen LogP contribution >= 0.6 is 0 Å². The number of anilines is 1. The number of halogens is 3. The topological polar surface area (TPSA) is 65.1 Å². The first-order valence-electron chi connectivity index (χ1n) is 14.2.